The second kappa shape index (κ2) is 10.3. The highest BCUT2D eigenvalue weighted by molar-refractivity contribution is 7.16. The molecule has 0 saturated carbocycles. The number of rotatable bonds is 7. The molecule has 0 fully saturated rings. The number of carbonyl (C=O) groups is 1. The fraction of sp³-hybridized carbons (Fsp3) is 0.556. The standard InChI is InChI=1S/C27H37NO3S/c1-8-30-26(29)24(31-27(5,6)7)22-18(4)32-25(21-13-15-28-16-14-21)23(22)20-11-9-19(10-12-20)17(2)3/h11,13-17,19,24H,8-10,12H2,1-7H3. The fourth-order valence-corrected chi connectivity index (χ4v) is 5.60. The SMILES string of the molecule is CCOC(=O)C(OC(C)(C)C)c1c(C)sc(-c2ccncc2)c1C1=CCC(C(C)C)CC1. The number of thiophene rings is 1. The van der Waals surface area contributed by atoms with Gasteiger partial charge in [-0.2, -0.15) is 0 Å². The molecule has 5 heteroatoms. The Morgan fingerprint density at radius 3 is 2.47 bits per heavy atom. The van der Waals surface area contributed by atoms with Crippen LogP contribution in [0.4, 0.5) is 0 Å². The lowest BCUT2D eigenvalue weighted by Gasteiger charge is -2.29. The summed E-state index contributed by atoms with van der Waals surface area (Å²) in [5.74, 6) is 1.06. The Balaban J connectivity index is 2.19. The molecule has 174 valence electrons. The first-order valence-corrected chi connectivity index (χ1v) is 12.5. The molecule has 2 unspecified atom stereocenters. The molecule has 0 saturated heterocycles. The van der Waals surface area contributed by atoms with E-state index in [1.54, 1.807) is 11.3 Å². The van der Waals surface area contributed by atoms with Crippen LogP contribution in [0.25, 0.3) is 16.0 Å². The Morgan fingerprint density at radius 2 is 1.94 bits per heavy atom. The third-order valence-corrected chi connectivity index (χ3v) is 7.19. The first-order chi connectivity index (χ1) is 15.1. The number of pyridine rings is 1. The molecule has 2 atom stereocenters. The number of esters is 1. The minimum atomic E-state index is -0.750. The molecule has 32 heavy (non-hydrogen) atoms. The predicted octanol–water partition coefficient (Wildman–Crippen LogP) is 7.38. The molecule has 3 rings (SSSR count). The van der Waals surface area contributed by atoms with Gasteiger partial charge in [0.05, 0.1) is 12.2 Å². The molecule has 0 bridgehead atoms. The van der Waals surface area contributed by atoms with Crippen molar-refractivity contribution in [2.24, 2.45) is 11.8 Å². The van der Waals surface area contributed by atoms with Gasteiger partial charge in [-0.3, -0.25) is 4.98 Å². The van der Waals surface area contributed by atoms with E-state index in [1.165, 1.54) is 10.5 Å². The fourth-order valence-electron chi connectivity index (χ4n) is 4.38. The van der Waals surface area contributed by atoms with Crippen LogP contribution in [-0.2, 0) is 14.3 Å². The van der Waals surface area contributed by atoms with Gasteiger partial charge in [-0.25, -0.2) is 4.79 Å². The quantitative estimate of drug-likeness (QED) is 0.409. The summed E-state index contributed by atoms with van der Waals surface area (Å²) in [5, 5.41) is 0. The third-order valence-electron chi connectivity index (χ3n) is 6.02. The van der Waals surface area contributed by atoms with Crippen molar-refractivity contribution >= 4 is 22.9 Å². The van der Waals surface area contributed by atoms with E-state index in [1.807, 2.05) is 52.2 Å². The zero-order chi connectivity index (χ0) is 23.5. The van der Waals surface area contributed by atoms with Crippen LogP contribution in [0.2, 0.25) is 0 Å². The number of ether oxygens (including phenoxy) is 2. The van der Waals surface area contributed by atoms with Crippen molar-refractivity contribution in [2.45, 2.75) is 79.4 Å². The minimum absolute atomic E-state index is 0.317. The van der Waals surface area contributed by atoms with Crippen LogP contribution in [0.3, 0.4) is 0 Å². The molecule has 0 aliphatic heterocycles. The van der Waals surface area contributed by atoms with E-state index in [0.717, 1.165) is 40.8 Å². The second-order valence-corrected chi connectivity index (χ2v) is 11.1. The van der Waals surface area contributed by atoms with Gasteiger partial charge < -0.3 is 9.47 Å². The summed E-state index contributed by atoms with van der Waals surface area (Å²) in [6, 6.07) is 4.09. The highest BCUT2D eigenvalue weighted by Crippen LogP contribution is 2.47. The van der Waals surface area contributed by atoms with Gasteiger partial charge in [0, 0.05) is 33.3 Å². The molecular weight excluding hydrogens is 418 g/mol. The van der Waals surface area contributed by atoms with E-state index in [2.05, 4.69) is 31.8 Å². The van der Waals surface area contributed by atoms with E-state index in [9.17, 15) is 4.79 Å². The third kappa shape index (κ3) is 5.68. The van der Waals surface area contributed by atoms with Gasteiger partial charge in [-0.1, -0.05) is 19.9 Å². The van der Waals surface area contributed by atoms with Crippen molar-refractivity contribution in [2.75, 3.05) is 6.61 Å². The molecule has 0 aromatic carbocycles. The molecule has 1 aliphatic rings. The maximum Gasteiger partial charge on any atom is 0.340 e. The zero-order valence-electron chi connectivity index (χ0n) is 20.5. The maximum atomic E-state index is 13.1. The summed E-state index contributed by atoms with van der Waals surface area (Å²) in [4.78, 5) is 19.6. The molecule has 2 aromatic rings. The zero-order valence-corrected chi connectivity index (χ0v) is 21.3. The van der Waals surface area contributed by atoms with Crippen LogP contribution in [0.5, 0.6) is 0 Å². The van der Waals surface area contributed by atoms with E-state index in [0.29, 0.717) is 18.4 Å². The lowest BCUT2D eigenvalue weighted by molar-refractivity contribution is -0.166. The minimum Gasteiger partial charge on any atom is -0.464 e. The van der Waals surface area contributed by atoms with E-state index in [4.69, 9.17) is 9.47 Å². The lowest BCUT2D eigenvalue weighted by Crippen LogP contribution is -2.29. The van der Waals surface area contributed by atoms with Crippen molar-refractivity contribution in [1.29, 1.82) is 0 Å². The molecule has 2 heterocycles. The number of carbonyl (C=O) groups excluding carboxylic acids is 1. The van der Waals surface area contributed by atoms with Crippen molar-refractivity contribution < 1.29 is 14.3 Å². The number of aromatic nitrogens is 1. The molecule has 2 aromatic heterocycles. The van der Waals surface area contributed by atoms with Gasteiger partial charge in [0.15, 0.2) is 6.10 Å². The topological polar surface area (TPSA) is 48.4 Å². The number of nitrogens with zero attached hydrogens (tertiary/aromatic N) is 1. The van der Waals surface area contributed by atoms with Crippen LogP contribution in [0.15, 0.2) is 30.6 Å². The molecule has 0 spiro atoms. The largest absolute Gasteiger partial charge is 0.464 e. The smallest absolute Gasteiger partial charge is 0.340 e. The first kappa shape index (κ1) is 24.7. The van der Waals surface area contributed by atoms with Crippen LogP contribution < -0.4 is 0 Å². The summed E-state index contributed by atoms with van der Waals surface area (Å²) >= 11 is 1.73. The predicted molar refractivity (Wildman–Crippen MR) is 133 cm³/mol. The summed E-state index contributed by atoms with van der Waals surface area (Å²) in [7, 11) is 0. The Labute approximate surface area is 197 Å². The Morgan fingerprint density at radius 1 is 1.25 bits per heavy atom. The second-order valence-electron chi connectivity index (χ2n) is 9.88. The van der Waals surface area contributed by atoms with Crippen molar-refractivity contribution in [1.82, 2.24) is 4.98 Å². The van der Waals surface area contributed by atoms with Gasteiger partial charge >= 0.3 is 5.97 Å². The van der Waals surface area contributed by atoms with E-state index < -0.39 is 11.7 Å². The Hall–Kier alpha value is -1.98. The molecule has 1 aliphatic carbocycles. The van der Waals surface area contributed by atoms with Gasteiger partial charge in [-0.05, 0) is 89.0 Å². The highest BCUT2D eigenvalue weighted by atomic mass is 32.1. The normalized spacial score (nSPS) is 17.9. The van der Waals surface area contributed by atoms with E-state index in [-0.39, 0.29) is 5.97 Å². The average molecular weight is 456 g/mol. The maximum absolute atomic E-state index is 13.1. The molecule has 0 N–H and O–H groups in total. The summed E-state index contributed by atoms with van der Waals surface area (Å²) in [5.41, 5.74) is 4.08. The van der Waals surface area contributed by atoms with Crippen molar-refractivity contribution in [3.8, 4) is 10.4 Å². The first-order valence-electron chi connectivity index (χ1n) is 11.7. The number of aryl methyl sites for hydroxylation is 1. The van der Waals surface area contributed by atoms with Gasteiger partial charge in [0.2, 0.25) is 0 Å². The van der Waals surface area contributed by atoms with Crippen LogP contribution in [0, 0.1) is 18.8 Å². The summed E-state index contributed by atoms with van der Waals surface area (Å²) in [6.07, 6.45) is 8.54. The molecule has 4 nitrogen and oxygen atoms in total. The number of allylic oxidation sites excluding steroid dienone is 2. The Kier molecular flexibility index (Phi) is 7.94. The lowest BCUT2D eigenvalue weighted by atomic mass is 9.79. The number of hydrogen-bond donors (Lipinski definition) is 0. The van der Waals surface area contributed by atoms with Gasteiger partial charge in [-0.15, -0.1) is 11.3 Å². The molecule has 0 radical (unpaired) electrons. The van der Waals surface area contributed by atoms with E-state index >= 15 is 0 Å². The van der Waals surface area contributed by atoms with Crippen LogP contribution in [0.1, 0.15) is 82.9 Å². The monoisotopic (exact) mass is 455 g/mol. The van der Waals surface area contributed by atoms with Gasteiger partial charge in [0.1, 0.15) is 0 Å². The van der Waals surface area contributed by atoms with Gasteiger partial charge in [0.25, 0.3) is 0 Å². The molecule has 0 amide bonds. The van der Waals surface area contributed by atoms with Crippen molar-refractivity contribution in [3.63, 3.8) is 0 Å². The summed E-state index contributed by atoms with van der Waals surface area (Å²) in [6.45, 7) is 14.8. The summed E-state index contributed by atoms with van der Waals surface area (Å²) < 4.78 is 11.8. The van der Waals surface area contributed by atoms with Crippen LogP contribution >= 0.6 is 11.3 Å². The Bertz CT molecular complexity index is 953. The van der Waals surface area contributed by atoms with Crippen molar-refractivity contribution in [3.05, 3.63) is 46.6 Å². The average Bonchev–Trinajstić information content (AvgIpc) is 3.09. The number of hydrogen-bond acceptors (Lipinski definition) is 5. The van der Waals surface area contributed by atoms with Crippen LogP contribution in [-0.4, -0.2) is 23.2 Å². The molecular formula is C27H37NO3S. The highest BCUT2D eigenvalue weighted by Gasteiger charge is 2.35.